The third kappa shape index (κ3) is 2.88. The first-order chi connectivity index (χ1) is 12.0. The van der Waals surface area contributed by atoms with Gasteiger partial charge in [-0.2, -0.15) is 0 Å². The van der Waals surface area contributed by atoms with E-state index in [9.17, 15) is 14.4 Å². The van der Waals surface area contributed by atoms with Crippen LogP contribution in [-0.4, -0.2) is 35.3 Å². The largest absolute Gasteiger partial charge is 0.466 e. The first kappa shape index (κ1) is 17.4. The Balaban J connectivity index is 1.76. The summed E-state index contributed by atoms with van der Waals surface area (Å²) in [7, 11) is 0. The molecule has 0 spiro atoms. The molecule has 0 aromatic heterocycles. The number of benzene rings is 1. The highest BCUT2D eigenvalue weighted by Gasteiger charge is 2.47. The Kier molecular flexibility index (Phi) is 4.75. The Morgan fingerprint density at radius 3 is 2.28 bits per heavy atom. The molecule has 2 aliphatic rings. The number of esters is 1. The smallest absolute Gasteiger partial charge is 0.312 e. The monoisotopic (exact) mass is 341 g/mol. The molecule has 1 saturated carbocycles. The lowest BCUT2D eigenvalue weighted by atomic mass is 9.70. The van der Waals surface area contributed by atoms with Crippen LogP contribution < -0.4 is 0 Å². The molecule has 5 nitrogen and oxygen atoms in total. The van der Waals surface area contributed by atoms with Crippen molar-refractivity contribution in [3.8, 4) is 0 Å². The molecule has 1 aliphatic heterocycles. The Morgan fingerprint density at radius 1 is 1.24 bits per heavy atom. The van der Waals surface area contributed by atoms with E-state index in [0.29, 0.717) is 49.8 Å². The molecule has 0 radical (unpaired) electrons. The highest BCUT2D eigenvalue weighted by molar-refractivity contribution is 6.21. The molecule has 3 rings (SSSR count). The summed E-state index contributed by atoms with van der Waals surface area (Å²) in [5.74, 6) is -0.647. The number of amides is 2. The molecule has 0 atom stereocenters. The van der Waals surface area contributed by atoms with Gasteiger partial charge in [0.05, 0.1) is 23.1 Å². The lowest BCUT2D eigenvalue weighted by molar-refractivity contribution is -0.158. The fourth-order valence-electron chi connectivity index (χ4n) is 4.00. The van der Waals surface area contributed by atoms with Gasteiger partial charge in [-0.15, -0.1) is 6.58 Å². The molecule has 0 saturated heterocycles. The van der Waals surface area contributed by atoms with Gasteiger partial charge in [0, 0.05) is 6.04 Å². The van der Waals surface area contributed by atoms with Crippen LogP contribution in [0.1, 0.15) is 59.7 Å². The van der Waals surface area contributed by atoms with Crippen LogP contribution in [0.25, 0.3) is 0 Å². The van der Waals surface area contributed by atoms with Crippen molar-refractivity contribution < 1.29 is 19.1 Å². The van der Waals surface area contributed by atoms with Crippen LogP contribution in [-0.2, 0) is 9.53 Å². The van der Waals surface area contributed by atoms with Crippen molar-refractivity contribution in [2.75, 3.05) is 6.61 Å². The van der Waals surface area contributed by atoms with E-state index < -0.39 is 5.41 Å². The number of ether oxygens (including phenoxy) is 1. The lowest BCUT2D eigenvalue weighted by Crippen LogP contribution is -2.46. The summed E-state index contributed by atoms with van der Waals surface area (Å²) in [5, 5.41) is 0. The number of imide groups is 1. The SMILES string of the molecule is C=CCC1(C(=O)OCC)CCC(N2C(=O)c3ccccc3C2=O)CC1. The fourth-order valence-corrected chi connectivity index (χ4v) is 4.00. The van der Waals surface area contributed by atoms with Crippen molar-refractivity contribution >= 4 is 17.8 Å². The van der Waals surface area contributed by atoms with Gasteiger partial charge < -0.3 is 4.74 Å². The Hall–Kier alpha value is -2.43. The number of hydrogen-bond acceptors (Lipinski definition) is 4. The molecule has 5 heteroatoms. The summed E-state index contributed by atoms with van der Waals surface area (Å²) in [6, 6.07) is 6.76. The zero-order valence-corrected chi connectivity index (χ0v) is 14.5. The normalized spacial score (nSPS) is 25.6. The van der Waals surface area contributed by atoms with E-state index in [1.807, 2.05) is 0 Å². The molecular formula is C20H23NO4. The first-order valence-corrected chi connectivity index (χ1v) is 8.79. The maximum Gasteiger partial charge on any atom is 0.312 e. The summed E-state index contributed by atoms with van der Waals surface area (Å²) >= 11 is 0. The third-order valence-corrected chi connectivity index (χ3v) is 5.35. The van der Waals surface area contributed by atoms with E-state index >= 15 is 0 Å². The molecular weight excluding hydrogens is 318 g/mol. The molecule has 0 bridgehead atoms. The molecule has 1 aliphatic carbocycles. The van der Waals surface area contributed by atoms with Crippen LogP contribution >= 0.6 is 0 Å². The minimum atomic E-state index is -0.576. The van der Waals surface area contributed by atoms with Crippen molar-refractivity contribution in [3.05, 3.63) is 48.0 Å². The summed E-state index contributed by atoms with van der Waals surface area (Å²) in [5.41, 5.74) is 0.370. The second-order valence-electron chi connectivity index (χ2n) is 6.75. The highest BCUT2D eigenvalue weighted by Crippen LogP contribution is 2.43. The lowest BCUT2D eigenvalue weighted by Gasteiger charge is -2.39. The minimum Gasteiger partial charge on any atom is -0.466 e. The molecule has 1 aromatic carbocycles. The van der Waals surface area contributed by atoms with Crippen LogP contribution in [0.4, 0.5) is 0 Å². The molecule has 2 amide bonds. The van der Waals surface area contributed by atoms with Gasteiger partial charge in [0.2, 0.25) is 0 Å². The van der Waals surface area contributed by atoms with E-state index in [4.69, 9.17) is 4.74 Å². The van der Waals surface area contributed by atoms with E-state index in [1.54, 1.807) is 37.3 Å². The van der Waals surface area contributed by atoms with Crippen molar-refractivity contribution in [1.82, 2.24) is 4.90 Å². The van der Waals surface area contributed by atoms with Crippen LogP contribution in [0.2, 0.25) is 0 Å². The highest BCUT2D eigenvalue weighted by atomic mass is 16.5. The number of nitrogens with zero attached hydrogens (tertiary/aromatic N) is 1. The zero-order valence-electron chi connectivity index (χ0n) is 14.5. The molecule has 1 fully saturated rings. The second-order valence-corrected chi connectivity index (χ2v) is 6.75. The van der Waals surface area contributed by atoms with Gasteiger partial charge >= 0.3 is 5.97 Å². The summed E-state index contributed by atoms with van der Waals surface area (Å²) in [6.45, 7) is 5.91. The van der Waals surface area contributed by atoms with Crippen LogP contribution in [0, 0.1) is 5.41 Å². The molecule has 0 unspecified atom stereocenters. The average molecular weight is 341 g/mol. The number of carbonyl (C=O) groups is 3. The van der Waals surface area contributed by atoms with Gasteiger partial charge in [0.15, 0.2) is 0 Å². The summed E-state index contributed by atoms with van der Waals surface area (Å²) in [6.07, 6.45) is 4.71. The van der Waals surface area contributed by atoms with Gasteiger partial charge in [0.1, 0.15) is 0 Å². The van der Waals surface area contributed by atoms with Crippen molar-refractivity contribution in [3.63, 3.8) is 0 Å². The standard InChI is InChI=1S/C20H23NO4/c1-3-11-20(19(24)25-4-2)12-9-14(10-13-20)21-17(22)15-7-5-6-8-16(15)18(21)23/h3,5-8,14H,1,4,9-13H2,2H3. The van der Waals surface area contributed by atoms with E-state index in [0.717, 1.165) is 0 Å². The molecule has 1 heterocycles. The van der Waals surface area contributed by atoms with E-state index in [-0.39, 0.29) is 23.8 Å². The minimum absolute atomic E-state index is 0.167. The van der Waals surface area contributed by atoms with E-state index in [2.05, 4.69) is 6.58 Å². The number of fused-ring (bicyclic) bond motifs is 1. The maximum absolute atomic E-state index is 12.6. The van der Waals surface area contributed by atoms with Crippen molar-refractivity contribution in [1.29, 1.82) is 0 Å². The molecule has 1 aromatic rings. The van der Waals surface area contributed by atoms with Gasteiger partial charge in [0.25, 0.3) is 11.8 Å². The first-order valence-electron chi connectivity index (χ1n) is 8.79. The van der Waals surface area contributed by atoms with Crippen LogP contribution in [0.5, 0.6) is 0 Å². The van der Waals surface area contributed by atoms with E-state index in [1.165, 1.54) is 4.90 Å². The summed E-state index contributed by atoms with van der Waals surface area (Å²) in [4.78, 5) is 39.1. The predicted molar refractivity (Wildman–Crippen MR) is 93.1 cm³/mol. The third-order valence-electron chi connectivity index (χ3n) is 5.35. The second kappa shape index (κ2) is 6.82. The average Bonchev–Trinajstić information content (AvgIpc) is 2.88. The Morgan fingerprint density at radius 2 is 1.80 bits per heavy atom. The maximum atomic E-state index is 12.6. The molecule has 25 heavy (non-hydrogen) atoms. The Labute approximate surface area is 147 Å². The van der Waals surface area contributed by atoms with Gasteiger partial charge in [-0.25, -0.2) is 0 Å². The quantitative estimate of drug-likeness (QED) is 0.468. The predicted octanol–water partition coefficient (Wildman–Crippen LogP) is 3.35. The number of carbonyl (C=O) groups excluding carboxylic acids is 3. The zero-order chi connectivity index (χ0) is 18.0. The van der Waals surface area contributed by atoms with Crippen molar-refractivity contribution in [2.24, 2.45) is 5.41 Å². The number of hydrogen-bond donors (Lipinski definition) is 0. The van der Waals surface area contributed by atoms with Gasteiger partial charge in [-0.05, 0) is 51.2 Å². The van der Waals surface area contributed by atoms with Crippen LogP contribution in [0.15, 0.2) is 36.9 Å². The number of rotatable bonds is 5. The van der Waals surface area contributed by atoms with Crippen LogP contribution in [0.3, 0.4) is 0 Å². The van der Waals surface area contributed by atoms with Gasteiger partial charge in [-0.3, -0.25) is 19.3 Å². The molecule has 0 N–H and O–H groups in total. The fraction of sp³-hybridized carbons (Fsp3) is 0.450. The summed E-state index contributed by atoms with van der Waals surface area (Å²) < 4.78 is 5.26. The number of allylic oxidation sites excluding steroid dienone is 1. The Bertz CT molecular complexity index is 681. The van der Waals surface area contributed by atoms with Gasteiger partial charge in [-0.1, -0.05) is 18.2 Å². The topological polar surface area (TPSA) is 63.7 Å². The molecule has 132 valence electrons. The van der Waals surface area contributed by atoms with Crippen molar-refractivity contribution in [2.45, 2.75) is 45.1 Å².